The van der Waals surface area contributed by atoms with E-state index in [0.717, 1.165) is 12.1 Å². The van der Waals surface area contributed by atoms with Gasteiger partial charge in [-0.1, -0.05) is 18.2 Å². The lowest BCUT2D eigenvalue weighted by Crippen LogP contribution is -2.40. The molecule has 38 heavy (non-hydrogen) atoms. The molecule has 0 aliphatic carbocycles. The number of aromatic hydroxyl groups is 1. The number of nitrogens with zero attached hydrogens (tertiary/aromatic N) is 2. The van der Waals surface area contributed by atoms with Gasteiger partial charge in [0.05, 0.1) is 17.3 Å². The molecule has 2 aromatic carbocycles. The van der Waals surface area contributed by atoms with Crippen LogP contribution in [0.25, 0.3) is 22.2 Å². The second-order valence-corrected chi connectivity index (χ2v) is 10.9. The summed E-state index contributed by atoms with van der Waals surface area (Å²) in [6.45, 7) is 0.211. The smallest absolute Gasteiger partial charge is 0.416 e. The van der Waals surface area contributed by atoms with Crippen molar-refractivity contribution in [2.24, 2.45) is 0 Å². The Bertz CT molecular complexity index is 1580. The van der Waals surface area contributed by atoms with Crippen molar-refractivity contribution < 1.29 is 35.9 Å². The van der Waals surface area contributed by atoms with E-state index in [4.69, 9.17) is 4.42 Å². The Kier molecular flexibility index (Phi) is 6.74. The largest absolute Gasteiger partial charge is 0.507 e. The third-order valence-corrected chi connectivity index (χ3v) is 8.39. The van der Waals surface area contributed by atoms with Crippen LogP contribution in [0, 0.1) is 0 Å². The number of rotatable bonds is 7. The first kappa shape index (κ1) is 25.9. The topological polar surface area (TPSA) is 101 Å². The number of carbonyl (C=O) groups is 1. The molecule has 0 saturated carbocycles. The summed E-state index contributed by atoms with van der Waals surface area (Å²) in [7, 11) is -4.01. The summed E-state index contributed by atoms with van der Waals surface area (Å²) in [5.41, 5.74) is 0.536. The summed E-state index contributed by atoms with van der Waals surface area (Å²) in [5.74, 6) is -0.795. The number of alkyl halides is 3. The number of phenols is 1. The number of furan rings is 1. The number of hydrogen-bond donors (Lipinski definition) is 1. The maximum absolute atomic E-state index is 13.3. The number of Topliss-reactive ketones (excluding diaryl/α,β-unsaturated/α-hetero) is 1. The van der Waals surface area contributed by atoms with Crippen molar-refractivity contribution in [3.63, 3.8) is 0 Å². The van der Waals surface area contributed by atoms with Gasteiger partial charge in [0.1, 0.15) is 11.3 Å². The molecule has 0 spiro atoms. The normalized spacial score (nSPS) is 16.8. The number of para-hydroxylation sites is 1. The van der Waals surface area contributed by atoms with Crippen LogP contribution in [0.1, 0.15) is 30.4 Å². The lowest BCUT2D eigenvalue weighted by atomic mass is 10.0. The van der Waals surface area contributed by atoms with Crippen LogP contribution >= 0.6 is 0 Å². The average Bonchev–Trinajstić information content (AvgIpc) is 3.55. The summed E-state index contributed by atoms with van der Waals surface area (Å²) in [4.78, 5) is 17.3. The number of phenolic OH excluding ortho intramolecular Hbond substituents is 1. The molecule has 0 bridgehead atoms. The van der Waals surface area contributed by atoms with Crippen LogP contribution < -0.4 is 0 Å². The zero-order chi connectivity index (χ0) is 27.1. The van der Waals surface area contributed by atoms with Crippen molar-refractivity contribution in [3.05, 3.63) is 78.0 Å². The first-order valence-corrected chi connectivity index (χ1v) is 13.4. The zero-order valence-electron chi connectivity index (χ0n) is 20.0. The Hall–Kier alpha value is -3.70. The average molecular weight is 545 g/mol. The quantitative estimate of drug-likeness (QED) is 0.326. The summed E-state index contributed by atoms with van der Waals surface area (Å²) in [6, 6.07) is 13.5. The Balaban J connectivity index is 1.30. The van der Waals surface area contributed by atoms with Gasteiger partial charge in [-0.2, -0.15) is 17.5 Å². The van der Waals surface area contributed by atoms with Crippen molar-refractivity contribution in [2.75, 3.05) is 6.54 Å². The predicted molar refractivity (Wildman–Crippen MR) is 133 cm³/mol. The van der Waals surface area contributed by atoms with Crippen LogP contribution in [0.3, 0.4) is 0 Å². The van der Waals surface area contributed by atoms with Crippen molar-refractivity contribution in [1.82, 2.24) is 9.29 Å². The highest BCUT2D eigenvalue weighted by Gasteiger charge is 2.40. The number of pyridine rings is 1. The molecule has 11 heteroatoms. The second-order valence-electron chi connectivity index (χ2n) is 9.12. The monoisotopic (exact) mass is 544 g/mol. The van der Waals surface area contributed by atoms with Crippen LogP contribution in [-0.2, 0) is 27.4 Å². The minimum absolute atomic E-state index is 0.0548. The number of ketones is 1. The van der Waals surface area contributed by atoms with E-state index >= 15 is 0 Å². The van der Waals surface area contributed by atoms with Crippen molar-refractivity contribution in [2.45, 2.75) is 43.0 Å². The van der Waals surface area contributed by atoms with Crippen LogP contribution in [0.5, 0.6) is 5.75 Å². The van der Waals surface area contributed by atoms with Gasteiger partial charge in [0.2, 0.25) is 5.09 Å². The van der Waals surface area contributed by atoms with Crippen molar-refractivity contribution in [3.8, 4) is 17.0 Å². The highest BCUT2D eigenvalue weighted by molar-refractivity contribution is 7.89. The molecule has 5 rings (SSSR count). The molecule has 198 valence electrons. The van der Waals surface area contributed by atoms with Gasteiger partial charge in [0.25, 0.3) is 10.0 Å². The number of fused-ring (bicyclic) bond motifs is 1. The number of hydrogen-bond acceptors (Lipinski definition) is 6. The molecule has 1 N–H and O–H groups in total. The maximum atomic E-state index is 13.3. The Morgan fingerprint density at radius 2 is 1.89 bits per heavy atom. The van der Waals surface area contributed by atoms with Gasteiger partial charge < -0.3 is 9.52 Å². The summed E-state index contributed by atoms with van der Waals surface area (Å²) >= 11 is 0. The van der Waals surface area contributed by atoms with E-state index in [0.29, 0.717) is 35.4 Å². The molecule has 3 heterocycles. The fraction of sp³-hybridized carbons (Fsp3) is 0.259. The number of aromatic nitrogens is 1. The minimum atomic E-state index is -4.59. The van der Waals surface area contributed by atoms with Crippen LogP contribution in [0.4, 0.5) is 13.2 Å². The third kappa shape index (κ3) is 5.03. The second kappa shape index (κ2) is 9.88. The van der Waals surface area contributed by atoms with Gasteiger partial charge in [0.15, 0.2) is 5.78 Å². The van der Waals surface area contributed by atoms with Gasteiger partial charge in [-0.25, -0.2) is 8.42 Å². The third-order valence-electron chi connectivity index (χ3n) is 6.63. The molecular weight excluding hydrogens is 521 g/mol. The fourth-order valence-corrected chi connectivity index (χ4v) is 6.32. The van der Waals surface area contributed by atoms with E-state index < -0.39 is 33.6 Å². The molecule has 1 aliphatic heterocycles. The standard InChI is InChI=1S/C27H23F3N2O5S/c28-27(29,30)19-8-9-20(24(34)16-19)21-14-17(11-12-31-21)7-10-23(33)22-5-3-13-32(22)38(35,36)26-15-18-4-1-2-6-25(18)37-26/h1-2,4,6,8-9,11-12,14-16,22,34H,3,5,7,10,13H2/t22-/m0/s1. The van der Waals surface area contributed by atoms with Gasteiger partial charge in [-0.05, 0) is 61.2 Å². The van der Waals surface area contributed by atoms with Gasteiger partial charge in [0, 0.05) is 36.2 Å². The molecule has 1 atom stereocenters. The SMILES string of the molecule is O=C(CCc1ccnc(-c2ccc(C(F)(F)F)cc2O)c1)[C@@H]1CCCN1S(=O)(=O)c1cc2ccccc2o1. The van der Waals surface area contributed by atoms with Crippen molar-refractivity contribution in [1.29, 1.82) is 0 Å². The number of halogens is 3. The molecule has 0 radical (unpaired) electrons. The molecule has 4 aromatic rings. The predicted octanol–water partition coefficient (Wildman–Crippen LogP) is 5.57. The number of carbonyl (C=O) groups excluding carboxylic acids is 1. The Morgan fingerprint density at radius 1 is 1.11 bits per heavy atom. The van der Waals surface area contributed by atoms with E-state index in [9.17, 15) is 31.5 Å². The Morgan fingerprint density at radius 3 is 2.63 bits per heavy atom. The lowest BCUT2D eigenvalue weighted by Gasteiger charge is -2.21. The maximum Gasteiger partial charge on any atom is 0.416 e. The van der Waals surface area contributed by atoms with Crippen LogP contribution in [0.2, 0.25) is 0 Å². The molecule has 0 amide bonds. The molecule has 0 unspecified atom stereocenters. The first-order valence-electron chi connectivity index (χ1n) is 11.9. The summed E-state index contributed by atoms with van der Waals surface area (Å²) in [6.07, 6.45) is -1.87. The Labute approximate surface area is 216 Å². The zero-order valence-corrected chi connectivity index (χ0v) is 20.8. The molecule has 2 aromatic heterocycles. The minimum Gasteiger partial charge on any atom is -0.507 e. The van der Waals surface area contributed by atoms with E-state index in [1.807, 2.05) is 0 Å². The first-order chi connectivity index (χ1) is 18.0. The molecule has 1 saturated heterocycles. The highest BCUT2D eigenvalue weighted by Crippen LogP contribution is 2.36. The van der Waals surface area contributed by atoms with Gasteiger partial charge >= 0.3 is 6.18 Å². The number of sulfonamides is 1. The van der Waals surface area contributed by atoms with E-state index in [2.05, 4.69) is 4.98 Å². The van der Waals surface area contributed by atoms with E-state index in [-0.39, 0.29) is 41.5 Å². The summed E-state index contributed by atoms with van der Waals surface area (Å²) < 4.78 is 72.1. The molecular formula is C27H23F3N2O5S. The van der Waals surface area contributed by atoms with Gasteiger partial charge in [-0.15, -0.1) is 0 Å². The van der Waals surface area contributed by atoms with Crippen LogP contribution in [-0.4, -0.2) is 41.2 Å². The number of benzene rings is 2. The lowest BCUT2D eigenvalue weighted by molar-refractivity contribution is -0.137. The fourth-order valence-electron chi connectivity index (χ4n) is 4.69. The summed E-state index contributed by atoms with van der Waals surface area (Å²) in [5, 5.41) is 10.6. The van der Waals surface area contributed by atoms with E-state index in [1.165, 1.54) is 16.6 Å². The molecule has 1 fully saturated rings. The molecule has 1 aliphatic rings. The number of aryl methyl sites for hydroxylation is 1. The van der Waals surface area contributed by atoms with E-state index in [1.54, 1.807) is 36.4 Å². The van der Waals surface area contributed by atoms with Gasteiger partial charge in [-0.3, -0.25) is 9.78 Å². The van der Waals surface area contributed by atoms with Crippen LogP contribution in [0.15, 0.2) is 76.4 Å². The molecule has 7 nitrogen and oxygen atoms in total. The van der Waals surface area contributed by atoms with Crippen molar-refractivity contribution >= 4 is 26.8 Å². The highest BCUT2D eigenvalue weighted by atomic mass is 32.2.